The van der Waals surface area contributed by atoms with E-state index in [1.54, 1.807) is 0 Å². The van der Waals surface area contributed by atoms with E-state index in [4.69, 9.17) is 0 Å². The van der Waals surface area contributed by atoms with Crippen LogP contribution in [0.2, 0.25) is 0 Å². The van der Waals surface area contributed by atoms with Crippen LogP contribution in [0.15, 0.2) is 194 Å². The first-order valence-electron chi connectivity index (χ1n) is 17.2. The quantitative estimate of drug-likeness (QED) is 0.178. The number of hydrogen-bond donors (Lipinski definition) is 0. The van der Waals surface area contributed by atoms with E-state index in [0.29, 0.717) is 0 Å². The number of para-hydroxylation sites is 3. The van der Waals surface area contributed by atoms with Gasteiger partial charge in [0.1, 0.15) is 0 Å². The number of rotatable bonds is 5. The van der Waals surface area contributed by atoms with Gasteiger partial charge in [0, 0.05) is 32.8 Å². The Bertz CT molecular complexity index is 2790. The molecular weight excluding hydrogens is 605 g/mol. The van der Waals surface area contributed by atoms with Crippen molar-refractivity contribution >= 4 is 43.6 Å². The highest BCUT2D eigenvalue weighted by Crippen LogP contribution is 2.42. The van der Waals surface area contributed by atoms with E-state index >= 15 is 0 Å². The lowest BCUT2D eigenvalue weighted by Crippen LogP contribution is -1.99. The molecule has 2 heteroatoms. The van der Waals surface area contributed by atoms with E-state index < -0.39 is 0 Å². The molecule has 0 bridgehead atoms. The zero-order valence-electron chi connectivity index (χ0n) is 27.4. The molecular formula is C48H32N2. The molecule has 0 unspecified atom stereocenters. The van der Waals surface area contributed by atoms with E-state index in [9.17, 15) is 0 Å². The first-order chi connectivity index (χ1) is 24.8. The molecule has 0 N–H and O–H groups in total. The highest BCUT2D eigenvalue weighted by molar-refractivity contribution is 6.11. The molecule has 50 heavy (non-hydrogen) atoms. The Labute approximate surface area is 290 Å². The summed E-state index contributed by atoms with van der Waals surface area (Å²) in [6.07, 6.45) is 0. The van der Waals surface area contributed by atoms with Gasteiger partial charge in [-0.05, 0) is 70.3 Å². The van der Waals surface area contributed by atoms with Crippen LogP contribution in [-0.2, 0) is 0 Å². The second-order valence-electron chi connectivity index (χ2n) is 12.9. The van der Waals surface area contributed by atoms with Crippen molar-refractivity contribution in [2.75, 3.05) is 0 Å². The fourth-order valence-electron chi connectivity index (χ4n) is 7.91. The van der Waals surface area contributed by atoms with Gasteiger partial charge in [0.25, 0.3) is 0 Å². The average Bonchev–Trinajstić information content (AvgIpc) is 3.71. The van der Waals surface area contributed by atoms with E-state index in [1.807, 2.05) is 0 Å². The minimum atomic E-state index is 1.16. The van der Waals surface area contributed by atoms with Crippen LogP contribution >= 0.6 is 0 Å². The zero-order valence-corrected chi connectivity index (χ0v) is 27.4. The van der Waals surface area contributed by atoms with Crippen LogP contribution in [0.4, 0.5) is 0 Å². The summed E-state index contributed by atoms with van der Waals surface area (Å²) in [7, 11) is 0. The minimum Gasteiger partial charge on any atom is -0.309 e. The van der Waals surface area contributed by atoms with Gasteiger partial charge in [-0.2, -0.15) is 0 Å². The van der Waals surface area contributed by atoms with Gasteiger partial charge < -0.3 is 9.13 Å². The predicted molar refractivity (Wildman–Crippen MR) is 211 cm³/mol. The second-order valence-corrected chi connectivity index (χ2v) is 12.9. The average molecular weight is 637 g/mol. The van der Waals surface area contributed by atoms with Gasteiger partial charge in [0.05, 0.1) is 27.8 Å². The lowest BCUT2D eigenvalue weighted by atomic mass is 9.92. The Morgan fingerprint density at radius 1 is 0.280 bits per heavy atom. The number of fused-ring (bicyclic) bond motifs is 6. The predicted octanol–water partition coefficient (Wildman–Crippen LogP) is 12.9. The summed E-state index contributed by atoms with van der Waals surface area (Å²) in [6.45, 7) is 0. The molecule has 0 saturated carbocycles. The van der Waals surface area contributed by atoms with Crippen LogP contribution < -0.4 is 0 Å². The summed E-state index contributed by atoms with van der Waals surface area (Å²) in [5.74, 6) is 0. The van der Waals surface area contributed by atoms with Gasteiger partial charge in [-0.3, -0.25) is 0 Å². The Hall–Kier alpha value is -6.64. The first-order valence-corrected chi connectivity index (χ1v) is 17.2. The molecule has 0 saturated heterocycles. The van der Waals surface area contributed by atoms with E-state index in [-0.39, 0.29) is 0 Å². The molecule has 0 atom stereocenters. The van der Waals surface area contributed by atoms with Gasteiger partial charge >= 0.3 is 0 Å². The van der Waals surface area contributed by atoms with Crippen molar-refractivity contribution in [1.82, 2.24) is 9.13 Å². The first kappa shape index (κ1) is 28.4. The molecule has 10 aromatic rings. The van der Waals surface area contributed by atoms with Gasteiger partial charge in [0.15, 0.2) is 0 Å². The van der Waals surface area contributed by atoms with Gasteiger partial charge in [-0.25, -0.2) is 0 Å². The van der Waals surface area contributed by atoms with Crippen molar-refractivity contribution < 1.29 is 0 Å². The fourth-order valence-corrected chi connectivity index (χ4v) is 7.91. The van der Waals surface area contributed by atoms with Crippen molar-refractivity contribution in [2.45, 2.75) is 0 Å². The molecule has 0 amide bonds. The summed E-state index contributed by atoms with van der Waals surface area (Å²) >= 11 is 0. The largest absolute Gasteiger partial charge is 0.309 e. The zero-order chi connectivity index (χ0) is 33.0. The van der Waals surface area contributed by atoms with E-state index in [1.165, 1.54) is 82.7 Å². The Morgan fingerprint density at radius 2 is 0.780 bits per heavy atom. The maximum Gasteiger partial charge on any atom is 0.0547 e. The van der Waals surface area contributed by atoms with Gasteiger partial charge in [0.2, 0.25) is 0 Å². The van der Waals surface area contributed by atoms with Crippen LogP contribution in [0.3, 0.4) is 0 Å². The Kier molecular flexibility index (Phi) is 6.53. The number of hydrogen-bond acceptors (Lipinski definition) is 0. The van der Waals surface area contributed by atoms with Crippen LogP contribution in [0.25, 0.3) is 88.4 Å². The molecule has 10 rings (SSSR count). The number of nitrogens with zero attached hydrogens (tertiary/aromatic N) is 2. The molecule has 2 nitrogen and oxygen atoms in total. The van der Waals surface area contributed by atoms with Crippen molar-refractivity contribution in [3.8, 4) is 44.8 Å². The molecule has 0 aliphatic heterocycles. The number of benzene rings is 8. The van der Waals surface area contributed by atoms with Crippen LogP contribution in [0.1, 0.15) is 0 Å². The molecule has 0 radical (unpaired) electrons. The third kappa shape index (κ3) is 4.43. The number of aromatic nitrogens is 2. The SMILES string of the molecule is c1ccc(-c2cccc(-n3c4ccccc4c4ccc(-c5ccc(-n6c7ccccc7c7ccccc76)cc5)cc43)c2-c2ccccc2)cc1. The van der Waals surface area contributed by atoms with Crippen LogP contribution in [-0.4, -0.2) is 9.13 Å². The molecule has 234 valence electrons. The van der Waals surface area contributed by atoms with Crippen molar-refractivity contribution in [2.24, 2.45) is 0 Å². The van der Waals surface area contributed by atoms with Crippen LogP contribution in [0.5, 0.6) is 0 Å². The standard InChI is InChI=1S/C48H32N2/c1-3-14-34(15-4-1)38-21-13-25-46(48(38)35-16-5-2-6-17-35)50-45-24-12-9-20-41(45)42-31-28-36(32-47(42)50)33-26-29-37(30-27-33)49-43-22-10-7-18-39(43)40-19-8-11-23-44(40)49/h1-32H. The maximum absolute atomic E-state index is 2.47. The molecule has 0 aliphatic carbocycles. The maximum atomic E-state index is 2.47. The summed E-state index contributed by atoms with van der Waals surface area (Å²) in [5.41, 5.74) is 14.4. The monoisotopic (exact) mass is 636 g/mol. The summed E-state index contributed by atoms with van der Waals surface area (Å²) in [6, 6.07) is 70.4. The molecule has 2 aromatic heterocycles. The molecule has 0 aliphatic rings. The minimum absolute atomic E-state index is 1.16. The lowest BCUT2D eigenvalue weighted by Gasteiger charge is -2.18. The second kappa shape index (κ2) is 11.5. The topological polar surface area (TPSA) is 9.86 Å². The van der Waals surface area contributed by atoms with Crippen molar-refractivity contribution in [3.63, 3.8) is 0 Å². The lowest BCUT2D eigenvalue weighted by molar-refractivity contribution is 1.18. The van der Waals surface area contributed by atoms with Crippen molar-refractivity contribution in [3.05, 3.63) is 194 Å². The molecule has 8 aromatic carbocycles. The third-order valence-corrected chi connectivity index (χ3v) is 10.1. The van der Waals surface area contributed by atoms with Gasteiger partial charge in [-0.1, -0.05) is 152 Å². The third-order valence-electron chi connectivity index (χ3n) is 10.1. The molecule has 0 fully saturated rings. The van der Waals surface area contributed by atoms with E-state index in [2.05, 4.69) is 203 Å². The Morgan fingerprint density at radius 3 is 1.40 bits per heavy atom. The Balaban J connectivity index is 1.17. The molecule has 2 heterocycles. The smallest absolute Gasteiger partial charge is 0.0547 e. The summed E-state index contributed by atoms with van der Waals surface area (Å²) < 4.78 is 4.84. The van der Waals surface area contributed by atoms with E-state index in [0.717, 1.165) is 5.69 Å². The highest BCUT2D eigenvalue weighted by atomic mass is 15.0. The van der Waals surface area contributed by atoms with Crippen LogP contribution in [0, 0.1) is 0 Å². The fraction of sp³-hybridized carbons (Fsp3) is 0. The normalized spacial score (nSPS) is 11.6. The van der Waals surface area contributed by atoms with Gasteiger partial charge in [-0.15, -0.1) is 0 Å². The summed E-state index contributed by atoms with van der Waals surface area (Å²) in [5, 5.41) is 5.04. The van der Waals surface area contributed by atoms with Crippen molar-refractivity contribution in [1.29, 1.82) is 0 Å². The highest BCUT2D eigenvalue weighted by Gasteiger charge is 2.19. The summed E-state index contributed by atoms with van der Waals surface area (Å²) in [4.78, 5) is 0. The molecule has 0 spiro atoms.